The van der Waals surface area contributed by atoms with Crippen molar-refractivity contribution in [3.8, 4) is 0 Å². The van der Waals surface area contributed by atoms with Gasteiger partial charge in [0.25, 0.3) is 0 Å². The summed E-state index contributed by atoms with van der Waals surface area (Å²) < 4.78 is 0. The number of aliphatic hydroxyl groups is 1. The quantitative estimate of drug-likeness (QED) is 0.811. The lowest BCUT2D eigenvalue weighted by Crippen LogP contribution is -2.22. The fourth-order valence-electron chi connectivity index (χ4n) is 1.38. The highest BCUT2D eigenvalue weighted by Gasteiger charge is 2.04. The molecule has 0 spiro atoms. The zero-order valence-corrected chi connectivity index (χ0v) is 9.96. The summed E-state index contributed by atoms with van der Waals surface area (Å²) >= 11 is 5.81. The number of rotatable bonds is 5. The minimum atomic E-state index is -0.241. The second-order valence-electron chi connectivity index (χ2n) is 3.87. The van der Waals surface area contributed by atoms with Crippen LogP contribution < -0.4 is 5.32 Å². The van der Waals surface area contributed by atoms with E-state index in [9.17, 15) is 0 Å². The molecule has 0 heterocycles. The molecule has 0 saturated heterocycles. The SMILES string of the molecule is C[C@H](NCC[C@@H](C)O)c1ccc(Cl)cc1. The van der Waals surface area contributed by atoms with Crippen LogP contribution in [0.3, 0.4) is 0 Å². The van der Waals surface area contributed by atoms with Crippen LogP contribution in [0.5, 0.6) is 0 Å². The van der Waals surface area contributed by atoms with E-state index in [0.717, 1.165) is 18.0 Å². The van der Waals surface area contributed by atoms with Crippen molar-refractivity contribution in [2.45, 2.75) is 32.4 Å². The Morgan fingerprint density at radius 3 is 2.40 bits per heavy atom. The highest BCUT2D eigenvalue weighted by molar-refractivity contribution is 6.30. The van der Waals surface area contributed by atoms with Gasteiger partial charge in [0.2, 0.25) is 0 Å². The zero-order chi connectivity index (χ0) is 11.3. The van der Waals surface area contributed by atoms with E-state index >= 15 is 0 Å². The average molecular weight is 228 g/mol. The van der Waals surface area contributed by atoms with Gasteiger partial charge in [-0.25, -0.2) is 0 Å². The van der Waals surface area contributed by atoms with E-state index in [0.29, 0.717) is 6.04 Å². The summed E-state index contributed by atoms with van der Waals surface area (Å²) in [6.07, 6.45) is 0.535. The van der Waals surface area contributed by atoms with Gasteiger partial charge in [0, 0.05) is 11.1 Å². The third-order valence-electron chi connectivity index (χ3n) is 2.38. The van der Waals surface area contributed by atoms with Crippen LogP contribution in [-0.4, -0.2) is 17.8 Å². The number of benzene rings is 1. The smallest absolute Gasteiger partial charge is 0.0524 e. The molecule has 0 fully saturated rings. The lowest BCUT2D eigenvalue weighted by molar-refractivity contribution is 0.182. The Hall–Kier alpha value is -0.570. The van der Waals surface area contributed by atoms with Crippen molar-refractivity contribution in [2.24, 2.45) is 0 Å². The van der Waals surface area contributed by atoms with E-state index < -0.39 is 0 Å². The molecule has 0 radical (unpaired) electrons. The maximum absolute atomic E-state index is 9.11. The summed E-state index contributed by atoms with van der Waals surface area (Å²) in [6, 6.07) is 8.11. The first-order valence-corrected chi connectivity index (χ1v) is 5.64. The maximum Gasteiger partial charge on any atom is 0.0524 e. The van der Waals surface area contributed by atoms with Gasteiger partial charge in [-0.1, -0.05) is 23.7 Å². The Balaban J connectivity index is 2.40. The molecule has 0 aliphatic carbocycles. The molecule has 0 aliphatic heterocycles. The van der Waals surface area contributed by atoms with Gasteiger partial charge in [0.15, 0.2) is 0 Å². The molecular formula is C12H18ClNO. The molecular weight excluding hydrogens is 210 g/mol. The van der Waals surface area contributed by atoms with E-state index in [1.807, 2.05) is 24.3 Å². The van der Waals surface area contributed by atoms with Crippen molar-refractivity contribution in [3.05, 3.63) is 34.9 Å². The average Bonchev–Trinajstić information content (AvgIpc) is 2.18. The number of aliphatic hydroxyl groups excluding tert-OH is 1. The number of nitrogens with one attached hydrogen (secondary N) is 1. The predicted molar refractivity (Wildman–Crippen MR) is 64.2 cm³/mol. The second-order valence-corrected chi connectivity index (χ2v) is 4.30. The van der Waals surface area contributed by atoms with Gasteiger partial charge in [-0.05, 0) is 44.5 Å². The van der Waals surface area contributed by atoms with Gasteiger partial charge in [0.1, 0.15) is 0 Å². The predicted octanol–water partition coefficient (Wildman–Crippen LogP) is 2.76. The van der Waals surface area contributed by atoms with E-state index in [4.69, 9.17) is 16.7 Å². The topological polar surface area (TPSA) is 32.3 Å². The first-order valence-electron chi connectivity index (χ1n) is 5.26. The zero-order valence-electron chi connectivity index (χ0n) is 9.20. The van der Waals surface area contributed by atoms with Crippen molar-refractivity contribution in [1.29, 1.82) is 0 Å². The molecule has 0 amide bonds. The normalized spacial score (nSPS) is 14.9. The molecule has 1 aromatic carbocycles. The lowest BCUT2D eigenvalue weighted by Gasteiger charge is -2.14. The van der Waals surface area contributed by atoms with Crippen LogP contribution in [0.1, 0.15) is 31.9 Å². The first-order chi connectivity index (χ1) is 7.09. The van der Waals surface area contributed by atoms with Gasteiger partial charge < -0.3 is 10.4 Å². The van der Waals surface area contributed by atoms with Gasteiger partial charge in [0.05, 0.1) is 6.10 Å². The maximum atomic E-state index is 9.11. The molecule has 2 nitrogen and oxygen atoms in total. The van der Waals surface area contributed by atoms with E-state index in [2.05, 4.69) is 12.2 Å². The van der Waals surface area contributed by atoms with E-state index in [1.165, 1.54) is 5.56 Å². The summed E-state index contributed by atoms with van der Waals surface area (Å²) in [4.78, 5) is 0. The fraction of sp³-hybridized carbons (Fsp3) is 0.500. The molecule has 1 rings (SSSR count). The van der Waals surface area contributed by atoms with Crippen molar-refractivity contribution in [1.82, 2.24) is 5.32 Å². The van der Waals surface area contributed by atoms with Gasteiger partial charge in [-0.15, -0.1) is 0 Å². The Morgan fingerprint density at radius 2 is 1.87 bits per heavy atom. The van der Waals surface area contributed by atoms with Crippen LogP contribution in [0.25, 0.3) is 0 Å². The molecule has 0 bridgehead atoms. The second kappa shape index (κ2) is 6.11. The molecule has 15 heavy (non-hydrogen) atoms. The van der Waals surface area contributed by atoms with Crippen molar-refractivity contribution >= 4 is 11.6 Å². The largest absolute Gasteiger partial charge is 0.393 e. The van der Waals surface area contributed by atoms with E-state index in [1.54, 1.807) is 6.92 Å². The molecule has 1 aromatic rings. The molecule has 0 aliphatic rings. The van der Waals surface area contributed by atoms with Crippen LogP contribution in [0.4, 0.5) is 0 Å². The molecule has 0 saturated carbocycles. The monoisotopic (exact) mass is 227 g/mol. The third kappa shape index (κ3) is 4.65. The summed E-state index contributed by atoms with van der Waals surface area (Å²) in [6.45, 7) is 4.72. The molecule has 0 aromatic heterocycles. The Bertz CT molecular complexity index is 284. The lowest BCUT2D eigenvalue weighted by atomic mass is 10.1. The summed E-state index contributed by atoms with van der Waals surface area (Å²) in [5.74, 6) is 0. The minimum absolute atomic E-state index is 0.241. The standard InChI is InChI=1S/C12H18ClNO/c1-9(15)7-8-14-10(2)11-3-5-12(13)6-4-11/h3-6,9-10,14-15H,7-8H2,1-2H3/t9-,10+/m1/s1. The Labute approximate surface area is 96.3 Å². The molecule has 2 N–H and O–H groups in total. The van der Waals surface area contributed by atoms with E-state index in [-0.39, 0.29) is 6.10 Å². The highest BCUT2D eigenvalue weighted by Crippen LogP contribution is 2.15. The van der Waals surface area contributed by atoms with Crippen LogP contribution in [0.15, 0.2) is 24.3 Å². The van der Waals surface area contributed by atoms with Crippen LogP contribution in [0.2, 0.25) is 5.02 Å². The van der Waals surface area contributed by atoms with Gasteiger partial charge in [-0.3, -0.25) is 0 Å². The van der Waals surface area contributed by atoms with Gasteiger partial charge >= 0.3 is 0 Å². The Morgan fingerprint density at radius 1 is 1.27 bits per heavy atom. The Kier molecular flexibility index (Phi) is 5.09. The molecule has 3 heteroatoms. The number of halogens is 1. The third-order valence-corrected chi connectivity index (χ3v) is 2.63. The van der Waals surface area contributed by atoms with Crippen LogP contribution in [0, 0.1) is 0 Å². The van der Waals surface area contributed by atoms with Crippen molar-refractivity contribution in [3.63, 3.8) is 0 Å². The van der Waals surface area contributed by atoms with Crippen LogP contribution in [-0.2, 0) is 0 Å². The van der Waals surface area contributed by atoms with Gasteiger partial charge in [-0.2, -0.15) is 0 Å². The van der Waals surface area contributed by atoms with Crippen LogP contribution >= 0.6 is 11.6 Å². The molecule has 2 atom stereocenters. The number of hydrogen-bond acceptors (Lipinski definition) is 2. The summed E-state index contributed by atoms with van der Waals surface area (Å²) in [5.41, 5.74) is 1.21. The molecule has 84 valence electrons. The fourth-order valence-corrected chi connectivity index (χ4v) is 1.50. The van der Waals surface area contributed by atoms with Crippen molar-refractivity contribution < 1.29 is 5.11 Å². The first kappa shape index (κ1) is 12.5. The highest BCUT2D eigenvalue weighted by atomic mass is 35.5. The minimum Gasteiger partial charge on any atom is -0.393 e. The summed E-state index contributed by atoms with van der Waals surface area (Å²) in [7, 11) is 0. The summed E-state index contributed by atoms with van der Waals surface area (Å²) in [5, 5.41) is 13.2. The number of hydrogen-bond donors (Lipinski definition) is 2. The molecule has 0 unspecified atom stereocenters. The van der Waals surface area contributed by atoms with Crippen molar-refractivity contribution in [2.75, 3.05) is 6.54 Å².